The largest absolute Gasteiger partial charge is 0.360 e. The Morgan fingerprint density at radius 1 is 1.19 bits per heavy atom. The van der Waals surface area contributed by atoms with Crippen LogP contribution in [0.25, 0.3) is 0 Å². The number of hydrogen-bond donors (Lipinski definition) is 1. The molecule has 1 aliphatic heterocycles. The lowest BCUT2D eigenvalue weighted by Gasteiger charge is -2.31. The molecule has 0 atom stereocenters. The minimum absolute atomic E-state index is 0.0433. The number of carbonyl (C=O) groups excluding carboxylic acids is 1. The van der Waals surface area contributed by atoms with Gasteiger partial charge in [-0.1, -0.05) is 23.4 Å². The van der Waals surface area contributed by atoms with Crippen molar-refractivity contribution in [1.82, 2.24) is 14.8 Å². The minimum Gasteiger partial charge on any atom is -0.360 e. The Morgan fingerprint density at radius 2 is 1.85 bits per heavy atom. The van der Waals surface area contributed by atoms with Gasteiger partial charge in [-0.3, -0.25) is 4.79 Å². The minimum atomic E-state index is -3.63. The highest BCUT2D eigenvalue weighted by atomic mass is 32.2. The topological polar surface area (TPSA) is 92.5 Å². The van der Waals surface area contributed by atoms with Crippen molar-refractivity contribution in [3.8, 4) is 0 Å². The number of sulfonamides is 1. The van der Waals surface area contributed by atoms with Crippen LogP contribution in [-0.4, -0.2) is 42.9 Å². The Labute approximate surface area is 153 Å². The maximum Gasteiger partial charge on any atom is 0.251 e. The first kappa shape index (κ1) is 18.6. The molecule has 2 aromatic rings. The molecule has 1 N–H and O–H groups in total. The number of hydrogen-bond acceptors (Lipinski definition) is 5. The molecule has 1 aliphatic rings. The summed E-state index contributed by atoms with van der Waals surface area (Å²) in [6, 6.07) is 7.37. The van der Waals surface area contributed by atoms with Crippen LogP contribution in [0.2, 0.25) is 0 Å². The van der Waals surface area contributed by atoms with Crippen LogP contribution < -0.4 is 5.32 Å². The summed E-state index contributed by atoms with van der Waals surface area (Å²) in [5.74, 6) is 0.188. The highest BCUT2D eigenvalue weighted by Crippen LogP contribution is 2.26. The number of nitrogens with zero attached hydrogens (tertiary/aromatic N) is 2. The third kappa shape index (κ3) is 3.52. The van der Waals surface area contributed by atoms with Crippen LogP contribution in [0.3, 0.4) is 0 Å². The Kier molecular flexibility index (Phi) is 5.15. The maximum atomic E-state index is 12.8. The third-order valence-electron chi connectivity index (χ3n) is 4.74. The molecule has 0 spiro atoms. The van der Waals surface area contributed by atoms with E-state index >= 15 is 0 Å². The predicted octanol–water partition coefficient (Wildman–Crippen LogP) is 2.18. The van der Waals surface area contributed by atoms with Gasteiger partial charge in [-0.15, -0.1) is 0 Å². The van der Waals surface area contributed by atoms with E-state index in [1.54, 1.807) is 19.9 Å². The van der Waals surface area contributed by atoms with Crippen molar-refractivity contribution in [2.24, 2.45) is 0 Å². The molecule has 0 saturated carbocycles. The van der Waals surface area contributed by atoms with Crippen molar-refractivity contribution in [2.75, 3.05) is 13.1 Å². The van der Waals surface area contributed by atoms with Crippen LogP contribution in [0.5, 0.6) is 0 Å². The van der Waals surface area contributed by atoms with Crippen molar-refractivity contribution in [1.29, 1.82) is 0 Å². The molecule has 140 valence electrons. The molecule has 0 bridgehead atoms. The van der Waals surface area contributed by atoms with E-state index in [-0.39, 0.29) is 16.8 Å². The summed E-state index contributed by atoms with van der Waals surface area (Å²) in [5.41, 5.74) is 1.94. The fourth-order valence-corrected chi connectivity index (χ4v) is 5.06. The van der Waals surface area contributed by atoms with Gasteiger partial charge in [-0.2, -0.15) is 4.31 Å². The standard InChI is InChI=1S/C18H23N3O4S/c1-12-6-4-5-7-16(12)18(22)19-15-8-10-21(11-9-15)26(23,24)17-13(2)20-25-14(17)3/h4-7,15H,8-11H2,1-3H3,(H,19,22). The number of rotatable bonds is 4. The molecule has 1 aromatic heterocycles. The van der Waals surface area contributed by atoms with Gasteiger partial charge in [0.1, 0.15) is 10.6 Å². The van der Waals surface area contributed by atoms with Gasteiger partial charge in [0.05, 0.1) is 0 Å². The number of benzene rings is 1. The van der Waals surface area contributed by atoms with Crippen molar-refractivity contribution >= 4 is 15.9 Å². The molecule has 26 heavy (non-hydrogen) atoms. The summed E-state index contributed by atoms with van der Waals surface area (Å²) < 4.78 is 32.1. The Bertz CT molecular complexity index is 893. The lowest BCUT2D eigenvalue weighted by Crippen LogP contribution is -2.46. The van der Waals surface area contributed by atoms with Crippen LogP contribution >= 0.6 is 0 Å². The molecule has 1 fully saturated rings. The molecule has 7 nitrogen and oxygen atoms in total. The van der Waals surface area contributed by atoms with E-state index in [9.17, 15) is 13.2 Å². The zero-order valence-electron chi connectivity index (χ0n) is 15.2. The number of nitrogens with one attached hydrogen (secondary N) is 1. The van der Waals surface area contributed by atoms with Gasteiger partial charge in [0, 0.05) is 24.7 Å². The van der Waals surface area contributed by atoms with Crippen molar-refractivity contribution in [3.63, 3.8) is 0 Å². The molecular weight excluding hydrogens is 354 g/mol. The normalized spacial score (nSPS) is 16.6. The van der Waals surface area contributed by atoms with Crippen LogP contribution in [0.4, 0.5) is 0 Å². The number of piperidine rings is 1. The smallest absolute Gasteiger partial charge is 0.251 e. The van der Waals surface area contributed by atoms with Gasteiger partial charge in [-0.25, -0.2) is 8.42 Å². The SMILES string of the molecule is Cc1ccccc1C(=O)NC1CCN(S(=O)(=O)c2c(C)noc2C)CC1. The molecule has 0 aliphatic carbocycles. The average Bonchev–Trinajstić information content (AvgIpc) is 2.95. The molecule has 8 heteroatoms. The first-order chi connectivity index (χ1) is 12.3. The zero-order valence-corrected chi connectivity index (χ0v) is 16.0. The van der Waals surface area contributed by atoms with E-state index in [0.717, 1.165) is 5.56 Å². The Hall–Kier alpha value is -2.19. The predicted molar refractivity (Wildman–Crippen MR) is 96.4 cm³/mol. The highest BCUT2D eigenvalue weighted by molar-refractivity contribution is 7.89. The molecular formula is C18H23N3O4S. The van der Waals surface area contributed by atoms with Crippen LogP contribution in [0, 0.1) is 20.8 Å². The number of amides is 1. The number of carbonyl (C=O) groups is 1. The maximum absolute atomic E-state index is 12.8. The van der Waals surface area contributed by atoms with E-state index in [0.29, 0.717) is 42.9 Å². The molecule has 0 unspecified atom stereocenters. The first-order valence-corrected chi connectivity index (χ1v) is 10.0. The second-order valence-corrected chi connectivity index (χ2v) is 8.49. The summed E-state index contributed by atoms with van der Waals surface area (Å²) in [6.45, 7) is 5.82. The first-order valence-electron chi connectivity index (χ1n) is 8.60. The third-order valence-corrected chi connectivity index (χ3v) is 6.89. The van der Waals surface area contributed by atoms with Crippen LogP contribution in [0.15, 0.2) is 33.7 Å². The van der Waals surface area contributed by atoms with Gasteiger partial charge in [0.15, 0.2) is 5.76 Å². The summed E-state index contributed by atoms with van der Waals surface area (Å²) >= 11 is 0. The second kappa shape index (κ2) is 7.20. The van der Waals surface area contributed by atoms with Crippen molar-refractivity contribution in [2.45, 2.75) is 44.6 Å². The highest BCUT2D eigenvalue weighted by Gasteiger charge is 2.34. The second-order valence-electron chi connectivity index (χ2n) is 6.62. The molecule has 3 rings (SSSR count). The Balaban J connectivity index is 1.64. The van der Waals surface area contributed by atoms with Gasteiger partial charge in [0.2, 0.25) is 10.0 Å². The lowest BCUT2D eigenvalue weighted by atomic mass is 10.0. The van der Waals surface area contributed by atoms with E-state index in [1.807, 2.05) is 25.1 Å². The molecule has 2 heterocycles. The number of aromatic nitrogens is 1. The van der Waals surface area contributed by atoms with Gasteiger partial charge in [0.25, 0.3) is 5.91 Å². The van der Waals surface area contributed by atoms with Crippen molar-refractivity contribution < 1.29 is 17.7 Å². The molecule has 0 radical (unpaired) electrons. The van der Waals surface area contributed by atoms with E-state index < -0.39 is 10.0 Å². The lowest BCUT2D eigenvalue weighted by molar-refractivity contribution is 0.0923. The van der Waals surface area contributed by atoms with E-state index in [1.165, 1.54) is 4.31 Å². The fourth-order valence-electron chi connectivity index (χ4n) is 3.30. The Morgan fingerprint density at radius 3 is 2.42 bits per heavy atom. The summed E-state index contributed by atoms with van der Waals surface area (Å²) in [4.78, 5) is 12.6. The summed E-state index contributed by atoms with van der Waals surface area (Å²) in [6.07, 6.45) is 1.14. The summed E-state index contributed by atoms with van der Waals surface area (Å²) in [5, 5.41) is 6.75. The van der Waals surface area contributed by atoms with Gasteiger partial charge in [-0.05, 0) is 45.2 Å². The van der Waals surface area contributed by atoms with Crippen LogP contribution in [0.1, 0.15) is 40.2 Å². The molecule has 1 aromatic carbocycles. The zero-order chi connectivity index (χ0) is 18.9. The fraction of sp³-hybridized carbons (Fsp3) is 0.444. The van der Waals surface area contributed by atoms with Crippen LogP contribution in [-0.2, 0) is 10.0 Å². The summed E-state index contributed by atoms with van der Waals surface area (Å²) in [7, 11) is -3.63. The molecule has 1 amide bonds. The van der Waals surface area contributed by atoms with Gasteiger partial charge < -0.3 is 9.84 Å². The van der Waals surface area contributed by atoms with Crippen molar-refractivity contribution in [3.05, 3.63) is 46.8 Å². The number of aryl methyl sites for hydroxylation is 3. The average molecular weight is 377 g/mol. The quantitative estimate of drug-likeness (QED) is 0.882. The molecule has 1 saturated heterocycles. The van der Waals surface area contributed by atoms with E-state index in [2.05, 4.69) is 10.5 Å². The van der Waals surface area contributed by atoms with Gasteiger partial charge >= 0.3 is 0 Å². The monoisotopic (exact) mass is 377 g/mol. The van der Waals surface area contributed by atoms with E-state index in [4.69, 9.17) is 4.52 Å².